The van der Waals surface area contributed by atoms with E-state index in [0.29, 0.717) is 11.6 Å². The van der Waals surface area contributed by atoms with Gasteiger partial charge in [-0.2, -0.15) is 30.7 Å². The van der Waals surface area contributed by atoms with Gasteiger partial charge in [-0.15, -0.1) is 0 Å². The molecule has 0 bridgehead atoms. The molecule has 0 unspecified atom stereocenters. The number of halogens is 9. The number of hydrogen-bond donors (Lipinski definition) is 3. The fraction of sp³-hybridized carbons (Fsp3) is 0.296. The molecule has 0 saturated heterocycles. The van der Waals surface area contributed by atoms with E-state index in [0.717, 1.165) is 24.3 Å². The largest absolute Gasteiger partial charge is 0.461 e. The summed E-state index contributed by atoms with van der Waals surface area (Å²) in [5.41, 5.74) is -1.78. The van der Waals surface area contributed by atoms with Crippen molar-refractivity contribution in [3.63, 3.8) is 0 Å². The van der Waals surface area contributed by atoms with Gasteiger partial charge in [0.25, 0.3) is 0 Å². The van der Waals surface area contributed by atoms with Gasteiger partial charge in [0.05, 0.1) is 18.1 Å². The number of hydrogen-bond acceptors (Lipinski definition) is 3. The third-order valence-electron chi connectivity index (χ3n) is 5.81. The van der Waals surface area contributed by atoms with Crippen LogP contribution in [-0.4, -0.2) is 42.5 Å². The molecule has 3 rings (SSSR count). The summed E-state index contributed by atoms with van der Waals surface area (Å²) in [4.78, 5) is 13.0. The molecule has 41 heavy (non-hydrogen) atoms. The first kappa shape index (κ1) is 31.6. The van der Waals surface area contributed by atoms with Crippen LogP contribution in [0, 0.1) is 11.6 Å². The van der Waals surface area contributed by atoms with Crippen LogP contribution in [-0.2, 0) is 12.0 Å². The lowest BCUT2D eigenvalue weighted by atomic mass is 9.77. The summed E-state index contributed by atoms with van der Waals surface area (Å²) in [6, 6.07) is 13.1. The Kier molecular flexibility index (Phi) is 9.79. The van der Waals surface area contributed by atoms with E-state index in [1.54, 1.807) is 30.3 Å². The van der Waals surface area contributed by atoms with Crippen molar-refractivity contribution in [1.29, 1.82) is 0 Å². The van der Waals surface area contributed by atoms with Gasteiger partial charge in [-0.3, -0.25) is 0 Å². The molecule has 2 atom stereocenters. The Morgan fingerprint density at radius 2 is 1.49 bits per heavy atom. The number of aliphatic hydroxyl groups is 1. The summed E-state index contributed by atoms with van der Waals surface area (Å²) in [7, 11) is 0. The highest BCUT2D eigenvalue weighted by atomic mass is 19.4. The number of aliphatic hydroxyl groups excluding tert-OH is 1. The van der Waals surface area contributed by atoms with Crippen LogP contribution in [0.3, 0.4) is 0 Å². The molecule has 0 fully saturated rings. The number of alkyl halides is 7. The number of nitrogens with one attached hydrogen (secondary N) is 2. The molecule has 0 aliphatic carbocycles. The van der Waals surface area contributed by atoms with E-state index >= 15 is 0 Å². The number of benzene rings is 3. The highest BCUT2D eigenvalue weighted by Crippen LogP contribution is 2.38. The topological polar surface area (TPSA) is 70.6 Å². The van der Waals surface area contributed by atoms with Crippen molar-refractivity contribution < 1.29 is 54.2 Å². The van der Waals surface area contributed by atoms with E-state index in [1.165, 1.54) is 12.1 Å². The second-order valence-electron chi connectivity index (χ2n) is 9.02. The molecule has 0 aliphatic rings. The van der Waals surface area contributed by atoms with Crippen molar-refractivity contribution in [3.05, 3.63) is 101 Å². The summed E-state index contributed by atoms with van der Waals surface area (Å²) >= 11 is 0. The molecule has 222 valence electrons. The van der Waals surface area contributed by atoms with Gasteiger partial charge < -0.3 is 20.5 Å². The summed E-state index contributed by atoms with van der Waals surface area (Å²) in [5, 5.41) is 14.2. The molecular formula is C27H23F9N2O3. The van der Waals surface area contributed by atoms with Crippen LogP contribution < -0.4 is 15.4 Å². The minimum Gasteiger partial charge on any atom is -0.428 e. The third-order valence-corrected chi connectivity index (χ3v) is 5.81. The molecule has 0 aliphatic heterocycles. The van der Waals surface area contributed by atoms with Crippen LogP contribution in [0.2, 0.25) is 0 Å². The number of carbonyl (C=O) groups is 1. The average molecular weight is 594 g/mol. The Balaban J connectivity index is 2.13. The van der Waals surface area contributed by atoms with Gasteiger partial charge in [-0.05, 0) is 41.0 Å². The Hall–Kier alpha value is -3.94. The van der Waals surface area contributed by atoms with Crippen molar-refractivity contribution >= 4 is 6.03 Å². The second-order valence-corrected chi connectivity index (χ2v) is 9.02. The Morgan fingerprint density at radius 3 is 2.07 bits per heavy atom. The first-order valence-electron chi connectivity index (χ1n) is 11.9. The molecule has 0 saturated carbocycles. The van der Waals surface area contributed by atoms with Crippen LogP contribution in [0.1, 0.15) is 23.1 Å². The molecule has 14 heteroatoms. The third kappa shape index (κ3) is 8.77. The fourth-order valence-corrected chi connectivity index (χ4v) is 4.05. The zero-order valence-electron chi connectivity index (χ0n) is 20.9. The summed E-state index contributed by atoms with van der Waals surface area (Å²) in [6.07, 6.45) is -18.0. The van der Waals surface area contributed by atoms with Crippen LogP contribution in [0.15, 0.2) is 72.8 Å². The fourth-order valence-electron chi connectivity index (χ4n) is 4.05. The number of urea groups is 1. The van der Waals surface area contributed by atoms with Crippen LogP contribution in [0.4, 0.5) is 44.3 Å². The highest BCUT2D eigenvalue weighted by Gasteiger charge is 2.45. The first-order valence-corrected chi connectivity index (χ1v) is 11.9. The van der Waals surface area contributed by atoms with E-state index in [4.69, 9.17) is 0 Å². The quantitative estimate of drug-likeness (QED) is 0.228. The SMILES string of the molecule is O=C(NC[C@H](O)CC(F)(F)F)N[C@](Cc1ccccc1)(c1ccc(F)cc1)c1cc(F)cc(OC(F)(F)C(F)F)c1. The molecule has 0 radical (unpaired) electrons. The summed E-state index contributed by atoms with van der Waals surface area (Å²) in [6.45, 7) is -0.867. The van der Waals surface area contributed by atoms with Crippen molar-refractivity contribution in [2.24, 2.45) is 0 Å². The Bertz CT molecular complexity index is 1310. The molecule has 3 aromatic carbocycles. The van der Waals surface area contributed by atoms with Crippen molar-refractivity contribution in [2.75, 3.05) is 6.54 Å². The smallest absolute Gasteiger partial charge is 0.428 e. The maximum absolute atomic E-state index is 14.8. The molecule has 5 nitrogen and oxygen atoms in total. The minimum absolute atomic E-state index is 0.0471. The van der Waals surface area contributed by atoms with Gasteiger partial charge in [0.2, 0.25) is 0 Å². The van der Waals surface area contributed by atoms with Crippen molar-refractivity contribution in [3.8, 4) is 5.75 Å². The van der Waals surface area contributed by atoms with Crippen molar-refractivity contribution in [1.82, 2.24) is 10.6 Å². The lowest BCUT2D eigenvalue weighted by Gasteiger charge is -2.37. The molecule has 3 N–H and O–H groups in total. The average Bonchev–Trinajstić information content (AvgIpc) is 2.86. The van der Waals surface area contributed by atoms with Gasteiger partial charge in [0.1, 0.15) is 17.4 Å². The molecule has 2 amide bonds. The highest BCUT2D eigenvalue weighted by molar-refractivity contribution is 5.76. The normalized spacial score (nSPS) is 14.3. The Labute approximate surface area is 227 Å². The van der Waals surface area contributed by atoms with E-state index in [-0.39, 0.29) is 17.5 Å². The van der Waals surface area contributed by atoms with Gasteiger partial charge in [-0.25, -0.2) is 13.6 Å². The molecule has 0 aromatic heterocycles. The number of ether oxygens (including phenoxy) is 1. The predicted octanol–water partition coefficient (Wildman–Crippen LogP) is 6.30. The molecule has 0 heterocycles. The Morgan fingerprint density at radius 1 is 0.854 bits per heavy atom. The number of amides is 2. The molecule has 0 spiro atoms. The lowest BCUT2D eigenvalue weighted by molar-refractivity contribution is -0.253. The summed E-state index contributed by atoms with van der Waals surface area (Å²) < 4.78 is 123. The zero-order valence-corrected chi connectivity index (χ0v) is 20.9. The second kappa shape index (κ2) is 12.7. The van der Waals surface area contributed by atoms with Crippen LogP contribution in [0.5, 0.6) is 5.75 Å². The van der Waals surface area contributed by atoms with Crippen LogP contribution in [0.25, 0.3) is 0 Å². The number of carbonyl (C=O) groups excluding carboxylic acids is 1. The predicted molar refractivity (Wildman–Crippen MR) is 129 cm³/mol. The lowest BCUT2D eigenvalue weighted by Crippen LogP contribution is -2.53. The molecule has 3 aromatic rings. The molecular weight excluding hydrogens is 571 g/mol. The number of rotatable bonds is 11. The van der Waals surface area contributed by atoms with E-state index in [1.807, 2.05) is 0 Å². The van der Waals surface area contributed by atoms with Crippen LogP contribution >= 0.6 is 0 Å². The maximum atomic E-state index is 14.8. The standard InChI is InChI=1S/C27H23F9N2O3/c28-19-8-6-17(7-9-19)25(13-16-4-2-1-3-5-16,38-24(40)37-15-21(39)14-26(32,33)34)18-10-20(29)12-22(11-18)41-27(35,36)23(30)31/h1-12,21,23,39H,13-15H2,(H2,37,38,40)/t21-,25-/m1/s1. The van der Waals surface area contributed by atoms with E-state index in [9.17, 15) is 49.4 Å². The first-order chi connectivity index (χ1) is 19.1. The summed E-state index contributed by atoms with van der Waals surface area (Å²) in [5.74, 6) is -2.99. The van der Waals surface area contributed by atoms with E-state index in [2.05, 4.69) is 15.4 Å². The zero-order chi connectivity index (χ0) is 30.4. The maximum Gasteiger partial charge on any atom is 0.461 e. The van der Waals surface area contributed by atoms with E-state index < -0.39 is 66.7 Å². The van der Waals surface area contributed by atoms with Gasteiger partial charge in [-0.1, -0.05) is 42.5 Å². The monoisotopic (exact) mass is 594 g/mol. The van der Waals surface area contributed by atoms with Crippen molar-refractivity contribution in [2.45, 2.75) is 43.2 Å². The minimum atomic E-state index is -5.01. The van der Waals surface area contributed by atoms with Gasteiger partial charge >= 0.3 is 24.7 Å². The van der Waals surface area contributed by atoms with Gasteiger partial charge in [0, 0.05) is 19.0 Å². The van der Waals surface area contributed by atoms with Gasteiger partial charge in [0.15, 0.2) is 0 Å².